The highest BCUT2D eigenvalue weighted by Crippen LogP contribution is 2.20. The van der Waals surface area contributed by atoms with Gasteiger partial charge in [-0.3, -0.25) is 9.69 Å². The van der Waals surface area contributed by atoms with Gasteiger partial charge in [-0.05, 0) is 33.8 Å². The Morgan fingerprint density at radius 3 is 2.30 bits per heavy atom. The van der Waals surface area contributed by atoms with E-state index in [0.717, 1.165) is 17.0 Å². The molecule has 3 heterocycles. The summed E-state index contributed by atoms with van der Waals surface area (Å²) in [5, 5.41) is 0. The van der Waals surface area contributed by atoms with Crippen molar-refractivity contribution in [3.63, 3.8) is 0 Å². The molecule has 9 heteroatoms. The van der Waals surface area contributed by atoms with Crippen LogP contribution >= 0.6 is 0 Å². The van der Waals surface area contributed by atoms with Gasteiger partial charge in [0, 0.05) is 62.8 Å². The Hall–Kier alpha value is -1.52. The molecule has 2 fully saturated rings. The van der Waals surface area contributed by atoms with E-state index in [1.54, 1.807) is 0 Å². The van der Waals surface area contributed by atoms with Crippen molar-refractivity contribution in [2.45, 2.75) is 46.4 Å². The predicted molar refractivity (Wildman–Crippen MR) is 117 cm³/mol. The molecule has 2 saturated heterocycles. The highest BCUT2D eigenvalue weighted by Gasteiger charge is 2.37. The van der Waals surface area contributed by atoms with E-state index in [1.807, 2.05) is 44.7 Å². The Morgan fingerprint density at radius 2 is 1.73 bits per heavy atom. The fourth-order valence-corrected chi connectivity index (χ4v) is 6.13. The molecule has 0 radical (unpaired) electrons. The lowest BCUT2D eigenvalue weighted by atomic mass is 10.1. The minimum atomic E-state index is -3.51. The zero-order valence-electron chi connectivity index (χ0n) is 18.5. The largest absolute Gasteiger partial charge is 0.373 e. The molecule has 1 aromatic heterocycles. The van der Waals surface area contributed by atoms with Crippen LogP contribution in [0.5, 0.6) is 0 Å². The Morgan fingerprint density at radius 1 is 1.13 bits per heavy atom. The van der Waals surface area contributed by atoms with Crippen molar-refractivity contribution < 1.29 is 17.9 Å². The number of carbonyl (C=O) groups excluding carboxylic acids is 1. The van der Waals surface area contributed by atoms with Crippen LogP contribution in [0, 0.1) is 13.8 Å². The molecule has 2 aliphatic heterocycles. The number of hydrogen-bond acceptors (Lipinski definition) is 5. The number of rotatable bonds is 7. The standard InChI is InChI=1S/C21H34N4O4S/c1-6-7-25-16(2)12-20(19(25)5)21(26)15-22-8-10-23(11-9-22)30(27,28)24-13-17(3)29-18(4)14-24/h6,12,17-18H,1,7-11,13-15H2,2-5H3. The number of hydrogen-bond donors (Lipinski definition) is 0. The number of carbonyl (C=O) groups is 1. The van der Waals surface area contributed by atoms with E-state index in [2.05, 4.69) is 11.1 Å². The van der Waals surface area contributed by atoms with Gasteiger partial charge in [-0.1, -0.05) is 6.08 Å². The molecule has 2 atom stereocenters. The van der Waals surface area contributed by atoms with Crippen molar-refractivity contribution in [2.24, 2.45) is 0 Å². The third-order valence-electron chi connectivity index (χ3n) is 5.92. The van der Waals surface area contributed by atoms with Gasteiger partial charge in [0.15, 0.2) is 5.78 Å². The summed E-state index contributed by atoms with van der Waals surface area (Å²) in [7, 11) is -3.51. The Bertz CT molecular complexity index is 877. The lowest BCUT2D eigenvalue weighted by Gasteiger charge is -2.40. The fraction of sp³-hybridized carbons (Fsp3) is 0.667. The average molecular weight is 439 g/mol. The summed E-state index contributed by atoms with van der Waals surface area (Å²) in [4.78, 5) is 14.9. The van der Waals surface area contributed by atoms with Crippen LogP contribution in [0.1, 0.15) is 35.6 Å². The van der Waals surface area contributed by atoms with Crippen molar-refractivity contribution in [3.05, 3.63) is 35.7 Å². The minimum Gasteiger partial charge on any atom is -0.373 e. The van der Waals surface area contributed by atoms with Crippen LogP contribution in [0.25, 0.3) is 0 Å². The lowest BCUT2D eigenvalue weighted by Crippen LogP contribution is -2.57. The molecule has 0 aromatic carbocycles. The normalized spacial score (nSPS) is 24.8. The molecule has 0 saturated carbocycles. The lowest BCUT2D eigenvalue weighted by molar-refractivity contribution is -0.0457. The molecule has 2 aliphatic rings. The van der Waals surface area contributed by atoms with Crippen LogP contribution in [0.15, 0.2) is 18.7 Å². The van der Waals surface area contributed by atoms with Crippen LogP contribution in [0.3, 0.4) is 0 Å². The number of ether oxygens (including phenoxy) is 1. The highest BCUT2D eigenvalue weighted by atomic mass is 32.2. The quantitative estimate of drug-likeness (QED) is 0.476. The summed E-state index contributed by atoms with van der Waals surface area (Å²) in [6.07, 6.45) is 1.61. The van der Waals surface area contributed by atoms with Crippen molar-refractivity contribution in [1.82, 2.24) is 18.1 Å². The Kier molecular flexibility index (Phi) is 7.19. The van der Waals surface area contributed by atoms with Gasteiger partial charge >= 0.3 is 0 Å². The summed E-state index contributed by atoms with van der Waals surface area (Å²) < 4.78 is 36.9. The van der Waals surface area contributed by atoms with Gasteiger partial charge in [-0.15, -0.1) is 6.58 Å². The van der Waals surface area contributed by atoms with Gasteiger partial charge in [-0.25, -0.2) is 0 Å². The van der Waals surface area contributed by atoms with Crippen LogP contribution < -0.4 is 0 Å². The zero-order chi connectivity index (χ0) is 22.1. The summed E-state index contributed by atoms with van der Waals surface area (Å²) >= 11 is 0. The molecule has 0 aliphatic carbocycles. The Labute approximate surface area is 180 Å². The van der Waals surface area contributed by atoms with Crippen molar-refractivity contribution in [2.75, 3.05) is 45.8 Å². The smallest absolute Gasteiger partial charge is 0.282 e. The maximum atomic E-state index is 13.0. The number of ketones is 1. The van der Waals surface area contributed by atoms with Crippen molar-refractivity contribution in [3.8, 4) is 0 Å². The van der Waals surface area contributed by atoms with Gasteiger partial charge < -0.3 is 9.30 Å². The van der Waals surface area contributed by atoms with Crippen molar-refractivity contribution in [1.29, 1.82) is 0 Å². The van der Waals surface area contributed by atoms with Gasteiger partial charge in [0.05, 0.1) is 18.8 Å². The molecule has 168 valence electrons. The molecule has 30 heavy (non-hydrogen) atoms. The third-order valence-corrected chi connectivity index (χ3v) is 7.89. The maximum Gasteiger partial charge on any atom is 0.282 e. The first-order valence-corrected chi connectivity index (χ1v) is 12.0. The van der Waals surface area contributed by atoms with E-state index < -0.39 is 10.2 Å². The van der Waals surface area contributed by atoms with E-state index in [-0.39, 0.29) is 18.0 Å². The molecule has 3 rings (SSSR count). The number of aromatic nitrogens is 1. The summed E-state index contributed by atoms with van der Waals surface area (Å²) in [5.41, 5.74) is 2.73. The van der Waals surface area contributed by atoms with E-state index in [0.29, 0.717) is 52.4 Å². The molecule has 0 spiro atoms. The van der Waals surface area contributed by atoms with E-state index >= 15 is 0 Å². The maximum absolute atomic E-state index is 13.0. The summed E-state index contributed by atoms with van der Waals surface area (Å²) in [6.45, 7) is 15.1. The van der Waals surface area contributed by atoms with Crippen LogP contribution in [-0.2, 0) is 21.5 Å². The van der Waals surface area contributed by atoms with Gasteiger partial charge in [-0.2, -0.15) is 17.0 Å². The van der Waals surface area contributed by atoms with E-state index in [1.165, 1.54) is 8.61 Å². The minimum absolute atomic E-state index is 0.0746. The number of morpholine rings is 1. The topological polar surface area (TPSA) is 75.1 Å². The monoisotopic (exact) mass is 438 g/mol. The molecule has 0 amide bonds. The number of allylic oxidation sites excluding steroid dienone is 1. The van der Waals surface area contributed by atoms with Crippen LogP contribution in [-0.4, -0.2) is 90.3 Å². The first-order chi connectivity index (χ1) is 14.1. The Balaban J connectivity index is 1.59. The highest BCUT2D eigenvalue weighted by molar-refractivity contribution is 7.86. The summed E-state index contributed by atoms with van der Waals surface area (Å²) in [6, 6.07) is 1.93. The molecule has 0 bridgehead atoms. The third kappa shape index (κ3) is 4.86. The molecular weight excluding hydrogens is 404 g/mol. The molecule has 1 aromatic rings. The number of nitrogens with zero attached hydrogens (tertiary/aromatic N) is 4. The number of aryl methyl sites for hydroxylation is 1. The molecule has 2 unspecified atom stereocenters. The number of piperazine rings is 1. The second kappa shape index (κ2) is 9.32. The van der Waals surface area contributed by atoms with Gasteiger partial charge in [0.1, 0.15) is 0 Å². The van der Waals surface area contributed by atoms with E-state index in [4.69, 9.17) is 4.74 Å². The van der Waals surface area contributed by atoms with Gasteiger partial charge in [0.25, 0.3) is 10.2 Å². The zero-order valence-corrected chi connectivity index (χ0v) is 19.3. The molecule has 8 nitrogen and oxygen atoms in total. The first-order valence-electron chi connectivity index (χ1n) is 10.6. The second-order valence-corrected chi connectivity index (χ2v) is 10.3. The molecular formula is C21H34N4O4S. The van der Waals surface area contributed by atoms with Crippen LogP contribution in [0.2, 0.25) is 0 Å². The van der Waals surface area contributed by atoms with Crippen LogP contribution in [0.4, 0.5) is 0 Å². The van der Waals surface area contributed by atoms with Crippen molar-refractivity contribution >= 4 is 16.0 Å². The molecule has 0 N–H and O–H groups in total. The number of Topliss-reactive ketones (excluding diaryl/α,β-unsaturated/α-hetero) is 1. The SMILES string of the molecule is C=CCn1c(C)cc(C(=O)CN2CCN(S(=O)(=O)N3CC(C)OC(C)C3)CC2)c1C. The van der Waals surface area contributed by atoms with E-state index in [9.17, 15) is 13.2 Å². The second-order valence-electron chi connectivity index (χ2n) is 8.36. The predicted octanol–water partition coefficient (Wildman–Crippen LogP) is 1.45. The first kappa shape index (κ1) is 23.1. The summed E-state index contributed by atoms with van der Waals surface area (Å²) in [5.74, 6) is 0.0746. The van der Waals surface area contributed by atoms with Gasteiger partial charge in [0.2, 0.25) is 0 Å². The average Bonchev–Trinajstić information content (AvgIpc) is 2.96. The fourth-order valence-electron chi connectivity index (χ4n) is 4.38.